The Morgan fingerprint density at radius 3 is 2.32 bits per heavy atom. The minimum absolute atomic E-state index is 0.0635. The molecule has 0 bridgehead atoms. The van der Waals surface area contributed by atoms with Crippen LogP contribution < -0.4 is 4.74 Å². The Balaban J connectivity index is 1.50. The van der Waals surface area contributed by atoms with Crippen LogP contribution in [0.5, 0.6) is 5.75 Å². The molecule has 1 aromatic carbocycles. The molecular weight excluding hydrogens is 336 g/mol. The zero-order valence-electron chi connectivity index (χ0n) is 14.3. The molecule has 3 rings (SSSR count). The summed E-state index contributed by atoms with van der Waals surface area (Å²) in [6, 6.07) is 11.4. The molecule has 5 nitrogen and oxygen atoms in total. The van der Waals surface area contributed by atoms with Crippen molar-refractivity contribution < 1.29 is 14.3 Å². The van der Waals surface area contributed by atoms with Gasteiger partial charge in [0.15, 0.2) is 0 Å². The number of carbonyl (C=O) groups excluding carboxylic acids is 2. The predicted molar refractivity (Wildman–Crippen MR) is 98.1 cm³/mol. The van der Waals surface area contributed by atoms with E-state index in [9.17, 15) is 9.59 Å². The van der Waals surface area contributed by atoms with Crippen LogP contribution in [0.4, 0.5) is 0 Å². The van der Waals surface area contributed by atoms with E-state index in [-0.39, 0.29) is 11.8 Å². The first-order valence-corrected chi connectivity index (χ1v) is 9.37. The van der Waals surface area contributed by atoms with Crippen LogP contribution in [0.15, 0.2) is 41.8 Å². The molecule has 2 aromatic rings. The third kappa shape index (κ3) is 4.39. The Labute approximate surface area is 151 Å². The first kappa shape index (κ1) is 17.5. The number of thiophene rings is 1. The van der Waals surface area contributed by atoms with Crippen LogP contribution in [-0.4, -0.2) is 54.4 Å². The molecule has 0 unspecified atom stereocenters. The SMILES string of the molecule is CCOc1ccc(CC(=O)N2CCN(C(=O)c3cccs3)CC2)cc1. The van der Waals surface area contributed by atoms with Crippen LogP contribution in [0.2, 0.25) is 0 Å². The van der Waals surface area contributed by atoms with E-state index in [1.165, 1.54) is 11.3 Å². The molecule has 1 fully saturated rings. The molecular formula is C19H22N2O3S. The van der Waals surface area contributed by atoms with Crippen LogP contribution in [0.1, 0.15) is 22.2 Å². The second-order valence-corrected chi connectivity index (χ2v) is 6.85. The van der Waals surface area contributed by atoms with Gasteiger partial charge in [0.1, 0.15) is 5.75 Å². The van der Waals surface area contributed by atoms with Gasteiger partial charge >= 0.3 is 0 Å². The van der Waals surface area contributed by atoms with Crippen LogP contribution in [0.3, 0.4) is 0 Å². The lowest BCUT2D eigenvalue weighted by Gasteiger charge is -2.34. The molecule has 2 amide bonds. The van der Waals surface area contributed by atoms with E-state index >= 15 is 0 Å². The molecule has 6 heteroatoms. The van der Waals surface area contributed by atoms with Gasteiger partial charge in [0.05, 0.1) is 17.9 Å². The van der Waals surface area contributed by atoms with Crippen molar-refractivity contribution in [2.75, 3.05) is 32.8 Å². The lowest BCUT2D eigenvalue weighted by Crippen LogP contribution is -2.50. The van der Waals surface area contributed by atoms with Crippen molar-refractivity contribution in [3.8, 4) is 5.75 Å². The lowest BCUT2D eigenvalue weighted by molar-refractivity contribution is -0.131. The number of benzene rings is 1. The maximum atomic E-state index is 12.5. The number of hydrogen-bond donors (Lipinski definition) is 0. The molecule has 1 saturated heterocycles. The van der Waals surface area contributed by atoms with Gasteiger partial charge in [0.25, 0.3) is 5.91 Å². The highest BCUT2D eigenvalue weighted by Crippen LogP contribution is 2.16. The third-order valence-electron chi connectivity index (χ3n) is 4.24. The largest absolute Gasteiger partial charge is 0.494 e. The predicted octanol–water partition coefficient (Wildman–Crippen LogP) is 2.67. The van der Waals surface area contributed by atoms with Crippen LogP contribution in [0, 0.1) is 0 Å². The first-order chi connectivity index (χ1) is 12.2. The second-order valence-electron chi connectivity index (χ2n) is 5.90. The quantitative estimate of drug-likeness (QED) is 0.826. The normalized spacial score (nSPS) is 14.4. The smallest absolute Gasteiger partial charge is 0.264 e. The van der Waals surface area contributed by atoms with Crippen molar-refractivity contribution in [2.45, 2.75) is 13.3 Å². The molecule has 1 aromatic heterocycles. The van der Waals surface area contributed by atoms with Crippen molar-refractivity contribution >= 4 is 23.2 Å². The van der Waals surface area contributed by atoms with Crippen molar-refractivity contribution in [3.05, 3.63) is 52.2 Å². The van der Waals surface area contributed by atoms with Crippen molar-refractivity contribution in [1.82, 2.24) is 9.80 Å². The van der Waals surface area contributed by atoms with E-state index in [4.69, 9.17) is 4.74 Å². The van der Waals surface area contributed by atoms with Gasteiger partial charge in [-0.25, -0.2) is 0 Å². The van der Waals surface area contributed by atoms with E-state index in [0.29, 0.717) is 39.2 Å². The number of piperazine rings is 1. The minimum Gasteiger partial charge on any atom is -0.494 e. The number of carbonyl (C=O) groups is 2. The van der Waals surface area contributed by atoms with E-state index in [1.807, 2.05) is 58.5 Å². The maximum absolute atomic E-state index is 12.5. The standard InChI is InChI=1S/C19H22N2O3S/c1-2-24-16-7-5-15(6-8-16)14-18(22)20-9-11-21(12-10-20)19(23)17-4-3-13-25-17/h3-8,13H,2,9-12,14H2,1H3. The summed E-state index contributed by atoms with van der Waals surface area (Å²) in [6.45, 7) is 4.94. The molecule has 1 aliphatic heterocycles. The summed E-state index contributed by atoms with van der Waals surface area (Å²) in [5.74, 6) is 0.986. The molecule has 1 aliphatic rings. The van der Waals surface area contributed by atoms with Crippen molar-refractivity contribution in [1.29, 1.82) is 0 Å². The lowest BCUT2D eigenvalue weighted by atomic mass is 10.1. The maximum Gasteiger partial charge on any atom is 0.264 e. The van der Waals surface area contributed by atoms with Gasteiger partial charge in [-0.3, -0.25) is 9.59 Å². The molecule has 25 heavy (non-hydrogen) atoms. The average molecular weight is 358 g/mol. The van der Waals surface area contributed by atoms with Gasteiger partial charge in [0, 0.05) is 26.2 Å². The third-order valence-corrected chi connectivity index (χ3v) is 5.10. The molecule has 132 valence electrons. The zero-order valence-corrected chi connectivity index (χ0v) is 15.1. The highest BCUT2D eigenvalue weighted by atomic mass is 32.1. The molecule has 0 saturated carbocycles. The summed E-state index contributed by atoms with van der Waals surface area (Å²) >= 11 is 1.46. The second kappa shape index (κ2) is 8.16. The average Bonchev–Trinajstić information content (AvgIpc) is 3.18. The highest BCUT2D eigenvalue weighted by Gasteiger charge is 2.25. The van der Waals surface area contributed by atoms with Crippen molar-refractivity contribution in [2.24, 2.45) is 0 Å². The summed E-state index contributed by atoms with van der Waals surface area (Å²) < 4.78 is 5.42. The number of hydrogen-bond acceptors (Lipinski definition) is 4. The number of ether oxygens (including phenoxy) is 1. The van der Waals surface area contributed by atoms with Gasteiger partial charge in [-0.2, -0.15) is 0 Å². The van der Waals surface area contributed by atoms with Gasteiger partial charge in [-0.05, 0) is 36.1 Å². The number of amides is 2. The van der Waals surface area contributed by atoms with Gasteiger partial charge in [-0.1, -0.05) is 18.2 Å². The number of rotatable bonds is 5. The van der Waals surface area contributed by atoms with Gasteiger partial charge in [0.2, 0.25) is 5.91 Å². The zero-order chi connectivity index (χ0) is 17.6. The fraction of sp³-hybridized carbons (Fsp3) is 0.368. The number of nitrogens with zero attached hydrogens (tertiary/aromatic N) is 2. The molecule has 0 radical (unpaired) electrons. The molecule has 0 spiro atoms. The van der Waals surface area contributed by atoms with E-state index < -0.39 is 0 Å². The first-order valence-electron chi connectivity index (χ1n) is 8.49. The fourth-order valence-corrected chi connectivity index (χ4v) is 3.56. The van der Waals surface area contributed by atoms with Gasteiger partial charge in [-0.15, -0.1) is 11.3 Å². The Hall–Kier alpha value is -2.34. The monoisotopic (exact) mass is 358 g/mol. The summed E-state index contributed by atoms with van der Waals surface area (Å²) in [5.41, 5.74) is 0.977. The minimum atomic E-state index is 0.0635. The summed E-state index contributed by atoms with van der Waals surface area (Å²) in [5, 5.41) is 1.91. The van der Waals surface area contributed by atoms with E-state index in [0.717, 1.165) is 16.2 Å². The summed E-state index contributed by atoms with van der Waals surface area (Å²) in [7, 11) is 0. The Morgan fingerprint density at radius 1 is 1.04 bits per heavy atom. The molecule has 2 heterocycles. The van der Waals surface area contributed by atoms with Crippen molar-refractivity contribution in [3.63, 3.8) is 0 Å². The molecule has 0 N–H and O–H groups in total. The Morgan fingerprint density at radius 2 is 1.72 bits per heavy atom. The van der Waals surface area contributed by atoms with Crippen LogP contribution in [-0.2, 0) is 11.2 Å². The molecule has 0 aliphatic carbocycles. The summed E-state index contributed by atoms with van der Waals surface area (Å²) in [6.07, 6.45) is 0.380. The Bertz CT molecular complexity index is 705. The fourth-order valence-electron chi connectivity index (χ4n) is 2.87. The Kier molecular flexibility index (Phi) is 5.71. The molecule has 0 atom stereocenters. The summed E-state index contributed by atoms with van der Waals surface area (Å²) in [4.78, 5) is 29.2. The highest BCUT2D eigenvalue weighted by molar-refractivity contribution is 7.12. The van der Waals surface area contributed by atoms with Crippen LogP contribution in [0.25, 0.3) is 0 Å². The topological polar surface area (TPSA) is 49.9 Å². The van der Waals surface area contributed by atoms with E-state index in [1.54, 1.807) is 0 Å². The van der Waals surface area contributed by atoms with Crippen LogP contribution >= 0.6 is 11.3 Å². The van der Waals surface area contributed by atoms with Gasteiger partial charge < -0.3 is 14.5 Å². The van der Waals surface area contributed by atoms with E-state index in [2.05, 4.69) is 0 Å².